The van der Waals surface area contributed by atoms with Gasteiger partial charge >= 0.3 is 6.30 Å². The van der Waals surface area contributed by atoms with E-state index in [0.29, 0.717) is 0 Å². The van der Waals surface area contributed by atoms with Gasteiger partial charge in [0, 0.05) is 6.92 Å². The maximum atomic E-state index is 12.5. The lowest BCUT2D eigenvalue weighted by Crippen LogP contribution is -2.41. The first kappa shape index (κ1) is 11.8. The Bertz CT molecular complexity index is 378. The van der Waals surface area contributed by atoms with Crippen molar-refractivity contribution in [2.45, 2.75) is 13.2 Å². The molecule has 0 saturated carbocycles. The highest BCUT2D eigenvalue weighted by Gasteiger charge is 2.41. The molecular formula is C9H7ClF3NO. The summed E-state index contributed by atoms with van der Waals surface area (Å²) in [5.74, 6) is -1.13. The largest absolute Gasteiger partial charge is 0.491 e. The van der Waals surface area contributed by atoms with Gasteiger partial charge in [0.1, 0.15) is 0 Å². The van der Waals surface area contributed by atoms with Crippen molar-refractivity contribution in [3.8, 4) is 0 Å². The highest BCUT2D eigenvalue weighted by Crippen LogP contribution is 2.33. The third-order valence-electron chi connectivity index (χ3n) is 1.66. The summed E-state index contributed by atoms with van der Waals surface area (Å²) < 4.78 is 37.4. The number of alkyl halides is 3. The van der Waals surface area contributed by atoms with E-state index in [1.807, 2.05) is 0 Å². The van der Waals surface area contributed by atoms with Crippen LogP contribution < -0.4 is 4.90 Å². The van der Waals surface area contributed by atoms with Crippen molar-refractivity contribution in [1.29, 1.82) is 0 Å². The standard InChI is InChI=1S/C9H7ClF3NO/c1-6(15)14(9(11,12)13)8-5-3-2-4-7(8)10/h2-5H,1H3. The van der Waals surface area contributed by atoms with E-state index in [-0.39, 0.29) is 15.6 Å². The average molecular weight is 238 g/mol. The minimum atomic E-state index is -4.77. The van der Waals surface area contributed by atoms with Gasteiger partial charge in [-0.15, -0.1) is 13.2 Å². The van der Waals surface area contributed by atoms with E-state index in [4.69, 9.17) is 11.6 Å². The lowest BCUT2D eigenvalue weighted by atomic mass is 10.3. The molecule has 2 nitrogen and oxygen atoms in total. The molecule has 0 N–H and O–H groups in total. The van der Waals surface area contributed by atoms with E-state index in [2.05, 4.69) is 0 Å². The van der Waals surface area contributed by atoms with Gasteiger partial charge in [-0.2, -0.15) is 0 Å². The number of para-hydroxylation sites is 1. The van der Waals surface area contributed by atoms with Crippen LogP contribution in [-0.2, 0) is 4.79 Å². The van der Waals surface area contributed by atoms with Gasteiger partial charge in [0.05, 0.1) is 10.7 Å². The van der Waals surface area contributed by atoms with E-state index >= 15 is 0 Å². The van der Waals surface area contributed by atoms with E-state index in [1.165, 1.54) is 18.2 Å². The number of carbonyl (C=O) groups is 1. The summed E-state index contributed by atoms with van der Waals surface area (Å²) in [4.78, 5) is 10.6. The number of amides is 1. The summed E-state index contributed by atoms with van der Waals surface area (Å²) in [6, 6.07) is 5.29. The number of benzene rings is 1. The summed E-state index contributed by atoms with van der Waals surface area (Å²) in [6.07, 6.45) is -4.77. The third-order valence-corrected chi connectivity index (χ3v) is 1.98. The van der Waals surface area contributed by atoms with E-state index in [9.17, 15) is 18.0 Å². The molecule has 1 rings (SSSR count). The quantitative estimate of drug-likeness (QED) is 0.687. The zero-order valence-corrected chi connectivity index (χ0v) is 8.43. The van der Waals surface area contributed by atoms with Gasteiger partial charge in [0.15, 0.2) is 0 Å². The topological polar surface area (TPSA) is 20.3 Å². The molecule has 1 amide bonds. The van der Waals surface area contributed by atoms with Crippen molar-refractivity contribution in [1.82, 2.24) is 0 Å². The first-order valence-electron chi connectivity index (χ1n) is 3.96. The summed E-state index contributed by atoms with van der Waals surface area (Å²) in [5.41, 5.74) is -0.362. The Labute approximate surface area is 89.2 Å². The van der Waals surface area contributed by atoms with Crippen LogP contribution in [0.1, 0.15) is 6.92 Å². The molecule has 82 valence electrons. The molecule has 0 aliphatic carbocycles. The molecule has 6 heteroatoms. The number of hydrogen-bond acceptors (Lipinski definition) is 1. The first-order valence-corrected chi connectivity index (χ1v) is 4.34. The highest BCUT2D eigenvalue weighted by molar-refractivity contribution is 6.33. The van der Waals surface area contributed by atoms with E-state index < -0.39 is 12.2 Å². The van der Waals surface area contributed by atoms with Crippen LogP contribution in [0.4, 0.5) is 18.9 Å². The first-order chi connectivity index (χ1) is 6.84. The molecule has 1 aromatic rings. The number of rotatable bonds is 1. The Morgan fingerprint density at radius 1 is 1.33 bits per heavy atom. The van der Waals surface area contributed by atoms with Crippen LogP contribution in [0.5, 0.6) is 0 Å². The van der Waals surface area contributed by atoms with Crippen LogP contribution in [0.3, 0.4) is 0 Å². The summed E-state index contributed by atoms with van der Waals surface area (Å²) >= 11 is 5.58. The van der Waals surface area contributed by atoms with Crippen molar-refractivity contribution in [3.05, 3.63) is 29.3 Å². The van der Waals surface area contributed by atoms with Gasteiger partial charge < -0.3 is 0 Å². The van der Waals surface area contributed by atoms with Crippen LogP contribution in [-0.4, -0.2) is 12.2 Å². The van der Waals surface area contributed by atoms with Crippen molar-refractivity contribution in [2.24, 2.45) is 0 Å². The molecular weight excluding hydrogens is 231 g/mol. The molecule has 0 unspecified atom stereocenters. The number of anilines is 1. The van der Waals surface area contributed by atoms with Gasteiger partial charge in [-0.25, -0.2) is 4.90 Å². The van der Waals surface area contributed by atoms with Gasteiger partial charge in [-0.1, -0.05) is 23.7 Å². The number of nitrogens with zero attached hydrogens (tertiary/aromatic N) is 1. The van der Waals surface area contributed by atoms with Crippen LogP contribution in [0.15, 0.2) is 24.3 Å². The van der Waals surface area contributed by atoms with Crippen molar-refractivity contribution < 1.29 is 18.0 Å². The number of halogens is 4. The van der Waals surface area contributed by atoms with Crippen LogP contribution in [0.25, 0.3) is 0 Å². The molecule has 0 atom stereocenters. The van der Waals surface area contributed by atoms with Crippen molar-refractivity contribution in [2.75, 3.05) is 4.90 Å². The number of carbonyl (C=O) groups excluding carboxylic acids is 1. The fourth-order valence-corrected chi connectivity index (χ4v) is 1.34. The second kappa shape index (κ2) is 4.10. The van der Waals surface area contributed by atoms with Crippen molar-refractivity contribution in [3.63, 3.8) is 0 Å². The maximum Gasteiger partial charge on any atom is 0.491 e. The molecule has 0 aliphatic rings. The highest BCUT2D eigenvalue weighted by atomic mass is 35.5. The average Bonchev–Trinajstić information content (AvgIpc) is 2.05. The molecule has 15 heavy (non-hydrogen) atoms. The molecule has 0 spiro atoms. The fourth-order valence-electron chi connectivity index (χ4n) is 1.12. The molecule has 0 aromatic heterocycles. The Morgan fingerprint density at radius 2 is 1.87 bits per heavy atom. The zero-order chi connectivity index (χ0) is 11.6. The molecule has 0 aliphatic heterocycles. The second-order valence-corrected chi connectivity index (χ2v) is 3.18. The smallest absolute Gasteiger partial charge is 0.275 e. The lowest BCUT2D eigenvalue weighted by Gasteiger charge is -2.24. The summed E-state index contributed by atoms with van der Waals surface area (Å²) in [7, 11) is 0. The predicted molar refractivity (Wildman–Crippen MR) is 50.7 cm³/mol. The molecule has 0 fully saturated rings. The van der Waals surface area contributed by atoms with Crippen LogP contribution in [0, 0.1) is 0 Å². The Morgan fingerprint density at radius 3 is 2.27 bits per heavy atom. The summed E-state index contributed by atoms with van der Waals surface area (Å²) in [6.45, 7) is 0.830. The minimum absolute atomic E-state index is 0.120. The fraction of sp³-hybridized carbons (Fsp3) is 0.222. The third kappa shape index (κ3) is 2.62. The molecule has 0 radical (unpaired) electrons. The lowest BCUT2D eigenvalue weighted by molar-refractivity contribution is -0.148. The van der Waals surface area contributed by atoms with Gasteiger partial charge in [0.25, 0.3) is 0 Å². The van der Waals surface area contributed by atoms with E-state index in [1.54, 1.807) is 0 Å². The Balaban J connectivity index is 3.23. The predicted octanol–water partition coefficient (Wildman–Crippen LogP) is 3.21. The zero-order valence-electron chi connectivity index (χ0n) is 7.68. The van der Waals surface area contributed by atoms with Gasteiger partial charge in [0.2, 0.25) is 5.91 Å². The monoisotopic (exact) mass is 237 g/mol. The van der Waals surface area contributed by atoms with Crippen LogP contribution >= 0.6 is 11.6 Å². The maximum absolute atomic E-state index is 12.5. The molecule has 0 saturated heterocycles. The Kier molecular flexibility index (Phi) is 3.24. The second-order valence-electron chi connectivity index (χ2n) is 2.77. The number of hydrogen-bond donors (Lipinski definition) is 0. The van der Waals surface area contributed by atoms with Gasteiger partial charge in [-0.05, 0) is 12.1 Å². The SMILES string of the molecule is CC(=O)N(c1ccccc1Cl)C(F)(F)F. The molecule has 0 bridgehead atoms. The summed E-state index contributed by atoms with van der Waals surface area (Å²) in [5, 5.41) is -0.120. The minimum Gasteiger partial charge on any atom is -0.275 e. The van der Waals surface area contributed by atoms with Gasteiger partial charge in [-0.3, -0.25) is 4.79 Å². The molecule has 0 heterocycles. The normalized spacial score (nSPS) is 11.3. The van der Waals surface area contributed by atoms with Crippen LogP contribution in [0.2, 0.25) is 5.02 Å². The van der Waals surface area contributed by atoms with Crippen molar-refractivity contribution >= 4 is 23.2 Å². The molecule has 1 aromatic carbocycles. The Hall–Kier alpha value is -1.23. The van der Waals surface area contributed by atoms with E-state index in [0.717, 1.165) is 13.0 Å².